The third kappa shape index (κ3) is 8.34. The van der Waals surface area contributed by atoms with Crippen LogP contribution in [0.1, 0.15) is 57.1 Å². The zero-order chi connectivity index (χ0) is 14.6. The van der Waals surface area contributed by atoms with E-state index in [4.69, 9.17) is 4.74 Å². The van der Waals surface area contributed by atoms with Crippen molar-refractivity contribution in [2.75, 3.05) is 13.7 Å². The molecule has 2 heteroatoms. The molecule has 1 aromatic carbocycles. The number of unbranched alkanes of at least 4 members (excludes halogenated alkanes) is 3. The first-order valence-corrected chi connectivity index (χ1v) is 8.00. The second-order valence-electron chi connectivity index (χ2n) is 6.02. The normalized spacial score (nSPS) is 11.2. The van der Waals surface area contributed by atoms with Gasteiger partial charge in [-0.05, 0) is 30.0 Å². The third-order valence-corrected chi connectivity index (χ3v) is 3.55. The van der Waals surface area contributed by atoms with Crippen molar-refractivity contribution < 1.29 is 4.74 Å². The lowest BCUT2D eigenvalue weighted by atomic mass is 10.0. The van der Waals surface area contributed by atoms with Crippen LogP contribution in [0.4, 0.5) is 0 Å². The first-order chi connectivity index (χ1) is 9.72. The van der Waals surface area contributed by atoms with E-state index in [1.807, 2.05) is 0 Å². The van der Waals surface area contributed by atoms with Gasteiger partial charge in [-0.25, -0.2) is 0 Å². The highest BCUT2D eigenvalue weighted by Crippen LogP contribution is 2.09. The van der Waals surface area contributed by atoms with Gasteiger partial charge in [0.25, 0.3) is 0 Å². The van der Waals surface area contributed by atoms with Gasteiger partial charge in [-0.2, -0.15) is 0 Å². The van der Waals surface area contributed by atoms with Crippen LogP contribution in [0, 0.1) is 5.92 Å². The molecule has 1 aromatic rings. The van der Waals surface area contributed by atoms with Gasteiger partial charge in [0, 0.05) is 13.7 Å². The number of rotatable bonds is 11. The van der Waals surface area contributed by atoms with Crippen molar-refractivity contribution in [3.8, 4) is 0 Å². The molecule has 0 aliphatic rings. The molecule has 0 saturated heterocycles. The van der Waals surface area contributed by atoms with Crippen LogP contribution < -0.4 is 5.32 Å². The number of ether oxygens (including phenoxy) is 1. The van der Waals surface area contributed by atoms with E-state index in [9.17, 15) is 0 Å². The minimum atomic E-state index is 0.698. The van der Waals surface area contributed by atoms with Gasteiger partial charge in [0.2, 0.25) is 0 Å². The molecule has 0 spiro atoms. The van der Waals surface area contributed by atoms with Crippen molar-refractivity contribution in [2.24, 2.45) is 5.92 Å². The lowest BCUT2D eigenvalue weighted by Gasteiger charge is -2.07. The highest BCUT2D eigenvalue weighted by molar-refractivity contribution is 5.21. The standard InChI is InChI=1S/C18H31NO/c1-16(2)8-6-4-5-7-13-19-14-17-9-11-18(12-10-17)15-20-3/h9-12,16,19H,4-8,13-15H2,1-3H3. The van der Waals surface area contributed by atoms with Crippen LogP contribution in [0.2, 0.25) is 0 Å². The molecular weight excluding hydrogens is 246 g/mol. The maximum Gasteiger partial charge on any atom is 0.0713 e. The van der Waals surface area contributed by atoms with Crippen LogP contribution in [0.15, 0.2) is 24.3 Å². The van der Waals surface area contributed by atoms with Crippen LogP contribution >= 0.6 is 0 Å². The summed E-state index contributed by atoms with van der Waals surface area (Å²) in [7, 11) is 1.73. The van der Waals surface area contributed by atoms with Crippen LogP contribution in [0.25, 0.3) is 0 Å². The minimum Gasteiger partial charge on any atom is -0.380 e. The predicted octanol–water partition coefficient (Wildman–Crippen LogP) is 4.53. The second kappa shape index (κ2) is 10.9. The smallest absolute Gasteiger partial charge is 0.0713 e. The van der Waals surface area contributed by atoms with E-state index in [0.29, 0.717) is 6.61 Å². The topological polar surface area (TPSA) is 21.3 Å². The molecule has 0 amide bonds. The Kier molecular flexibility index (Phi) is 9.35. The Morgan fingerprint density at radius 1 is 0.950 bits per heavy atom. The summed E-state index contributed by atoms with van der Waals surface area (Å²) in [5.74, 6) is 0.856. The summed E-state index contributed by atoms with van der Waals surface area (Å²) in [4.78, 5) is 0. The summed E-state index contributed by atoms with van der Waals surface area (Å²) < 4.78 is 5.11. The molecule has 0 saturated carbocycles. The van der Waals surface area contributed by atoms with Crippen molar-refractivity contribution in [3.63, 3.8) is 0 Å². The van der Waals surface area contributed by atoms with Crippen molar-refractivity contribution in [3.05, 3.63) is 35.4 Å². The van der Waals surface area contributed by atoms with Gasteiger partial charge in [-0.3, -0.25) is 0 Å². The lowest BCUT2D eigenvalue weighted by Crippen LogP contribution is -2.14. The van der Waals surface area contributed by atoms with Crippen LogP contribution in [0.3, 0.4) is 0 Å². The SMILES string of the molecule is COCc1ccc(CNCCCCCCC(C)C)cc1. The molecule has 1 rings (SSSR count). The fraction of sp³-hybridized carbons (Fsp3) is 0.667. The number of hydrogen-bond donors (Lipinski definition) is 1. The molecule has 0 radical (unpaired) electrons. The summed E-state index contributed by atoms with van der Waals surface area (Å²) in [6, 6.07) is 8.66. The number of benzene rings is 1. The molecule has 2 nitrogen and oxygen atoms in total. The Hall–Kier alpha value is -0.860. The maximum atomic E-state index is 5.11. The summed E-state index contributed by atoms with van der Waals surface area (Å²) in [5, 5.41) is 3.52. The predicted molar refractivity (Wildman–Crippen MR) is 86.8 cm³/mol. The zero-order valence-electron chi connectivity index (χ0n) is 13.5. The molecular formula is C18H31NO. The average molecular weight is 277 g/mol. The van der Waals surface area contributed by atoms with Gasteiger partial charge in [0.1, 0.15) is 0 Å². The van der Waals surface area contributed by atoms with Crippen LogP contribution in [-0.2, 0) is 17.9 Å². The van der Waals surface area contributed by atoms with Gasteiger partial charge in [-0.15, -0.1) is 0 Å². The van der Waals surface area contributed by atoms with Crippen molar-refractivity contribution >= 4 is 0 Å². The van der Waals surface area contributed by atoms with E-state index in [2.05, 4.69) is 43.4 Å². The Bertz CT molecular complexity index is 332. The average Bonchev–Trinajstić information content (AvgIpc) is 2.43. The molecule has 0 atom stereocenters. The van der Waals surface area contributed by atoms with Gasteiger partial charge in [-0.1, -0.05) is 63.8 Å². The van der Waals surface area contributed by atoms with Crippen molar-refractivity contribution in [2.45, 2.75) is 59.1 Å². The van der Waals surface area contributed by atoms with E-state index < -0.39 is 0 Å². The second-order valence-corrected chi connectivity index (χ2v) is 6.02. The molecule has 1 N–H and O–H groups in total. The molecule has 0 fully saturated rings. The summed E-state index contributed by atoms with van der Waals surface area (Å²) in [5.41, 5.74) is 2.59. The first kappa shape index (κ1) is 17.2. The van der Waals surface area contributed by atoms with Crippen LogP contribution in [-0.4, -0.2) is 13.7 Å². The molecule has 0 aliphatic heterocycles. The lowest BCUT2D eigenvalue weighted by molar-refractivity contribution is 0.185. The number of methoxy groups -OCH3 is 1. The van der Waals surface area contributed by atoms with Gasteiger partial charge < -0.3 is 10.1 Å². The van der Waals surface area contributed by atoms with Crippen LogP contribution in [0.5, 0.6) is 0 Å². The fourth-order valence-electron chi connectivity index (χ4n) is 2.31. The molecule has 0 aromatic heterocycles. The number of hydrogen-bond acceptors (Lipinski definition) is 2. The molecule has 0 bridgehead atoms. The largest absolute Gasteiger partial charge is 0.380 e. The van der Waals surface area contributed by atoms with Gasteiger partial charge in [0.05, 0.1) is 6.61 Å². The van der Waals surface area contributed by atoms with E-state index in [1.54, 1.807) is 7.11 Å². The molecule has 0 unspecified atom stereocenters. The molecule has 0 heterocycles. The monoisotopic (exact) mass is 277 g/mol. The fourth-order valence-corrected chi connectivity index (χ4v) is 2.31. The zero-order valence-corrected chi connectivity index (χ0v) is 13.5. The quantitative estimate of drug-likeness (QED) is 0.600. The Labute approximate surface area is 124 Å². The minimum absolute atomic E-state index is 0.698. The van der Waals surface area contributed by atoms with E-state index in [-0.39, 0.29) is 0 Å². The Morgan fingerprint density at radius 3 is 2.25 bits per heavy atom. The first-order valence-electron chi connectivity index (χ1n) is 8.00. The van der Waals surface area contributed by atoms with E-state index >= 15 is 0 Å². The maximum absolute atomic E-state index is 5.11. The van der Waals surface area contributed by atoms with Crippen molar-refractivity contribution in [1.29, 1.82) is 0 Å². The van der Waals surface area contributed by atoms with Gasteiger partial charge in [0.15, 0.2) is 0 Å². The summed E-state index contributed by atoms with van der Waals surface area (Å²) >= 11 is 0. The number of nitrogens with one attached hydrogen (secondary N) is 1. The molecule has 0 aliphatic carbocycles. The van der Waals surface area contributed by atoms with E-state index in [1.165, 1.54) is 43.2 Å². The highest BCUT2D eigenvalue weighted by atomic mass is 16.5. The molecule has 20 heavy (non-hydrogen) atoms. The Balaban J connectivity index is 2.00. The third-order valence-electron chi connectivity index (χ3n) is 3.55. The Morgan fingerprint density at radius 2 is 1.60 bits per heavy atom. The highest BCUT2D eigenvalue weighted by Gasteiger charge is 1.96. The summed E-state index contributed by atoms with van der Waals surface area (Å²) in [6.07, 6.45) is 6.79. The van der Waals surface area contributed by atoms with Gasteiger partial charge >= 0.3 is 0 Å². The summed E-state index contributed by atoms with van der Waals surface area (Å²) in [6.45, 7) is 7.41. The van der Waals surface area contributed by atoms with Crippen molar-refractivity contribution in [1.82, 2.24) is 5.32 Å². The van der Waals surface area contributed by atoms with E-state index in [0.717, 1.165) is 19.0 Å². The molecule has 114 valence electrons.